The van der Waals surface area contributed by atoms with E-state index in [1.807, 2.05) is 12.1 Å². The number of ether oxygens (including phenoxy) is 1. The van der Waals surface area contributed by atoms with E-state index in [9.17, 15) is 4.79 Å². The number of nitrogens with one attached hydrogen (secondary N) is 1. The second kappa shape index (κ2) is 6.57. The minimum atomic E-state index is -0.103. The van der Waals surface area contributed by atoms with E-state index in [0.717, 1.165) is 23.9 Å². The molecule has 0 saturated heterocycles. The maximum atomic E-state index is 11.5. The minimum Gasteiger partial charge on any atom is -0.461 e. The average Bonchev–Trinajstić information content (AvgIpc) is 2.95. The minimum absolute atomic E-state index is 0.103. The quantitative estimate of drug-likeness (QED) is 0.607. The van der Waals surface area contributed by atoms with Crippen LogP contribution in [0.25, 0.3) is 6.08 Å². The summed E-state index contributed by atoms with van der Waals surface area (Å²) in [5, 5.41) is 2.79. The lowest BCUT2D eigenvalue weighted by atomic mass is 10.3. The molecule has 4 heteroatoms. The molecular formula is C15H21NO3. The van der Waals surface area contributed by atoms with E-state index in [2.05, 4.69) is 12.2 Å². The van der Waals surface area contributed by atoms with E-state index < -0.39 is 0 Å². The molecule has 1 aromatic heterocycles. The van der Waals surface area contributed by atoms with E-state index in [1.165, 1.54) is 12.5 Å². The number of hydrogen-bond donors (Lipinski definition) is 1. The second-order valence-electron chi connectivity index (χ2n) is 5.03. The highest BCUT2D eigenvalue weighted by atomic mass is 16.5. The standard InChI is InChI=1S/C15H21NO3/c1-11-10-13(11)14-6-4-12(19-14)5-7-15(17)16-8-3-9-18-2/h4-7,11,13H,3,8-10H2,1-2H3,(H,16,17)/b7-5+. The van der Waals surface area contributed by atoms with Crippen molar-refractivity contribution in [2.45, 2.75) is 25.7 Å². The van der Waals surface area contributed by atoms with Gasteiger partial charge in [0.25, 0.3) is 0 Å². The summed E-state index contributed by atoms with van der Waals surface area (Å²) in [7, 11) is 1.65. The number of methoxy groups -OCH3 is 1. The number of rotatable bonds is 7. The van der Waals surface area contributed by atoms with Crippen LogP contribution in [0.2, 0.25) is 0 Å². The van der Waals surface area contributed by atoms with Gasteiger partial charge in [-0.15, -0.1) is 0 Å². The van der Waals surface area contributed by atoms with Gasteiger partial charge in [0.15, 0.2) is 0 Å². The Hall–Kier alpha value is -1.55. The zero-order valence-electron chi connectivity index (χ0n) is 11.5. The summed E-state index contributed by atoms with van der Waals surface area (Å²) in [5.41, 5.74) is 0. The molecule has 104 valence electrons. The zero-order chi connectivity index (χ0) is 13.7. The van der Waals surface area contributed by atoms with Crippen LogP contribution in [0.3, 0.4) is 0 Å². The maximum Gasteiger partial charge on any atom is 0.244 e. The Labute approximate surface area is 113 Å². The molecule has 1 fully saturated rings. The Kier molecular flexibility index (Phi) is 4.80. The molecule has 1 aromatic rings. The second-order valence-corrected chi connectivity index (χ2v) is 5.03. The predicted molar refractivity (Wildman–Crippen MR) is 73.8 cm³/mol. The molecule has 1 amide bonds. The lowest BCUT2D eigenvalue weighted by Crippen LogP contribution is -2.22. The summed E-state index contributed by atoms with van der Waals surface area (Å²) >= 11 is 0. The van der Waals surface area contributed by atoms with Gasteiger partial charge < -0.3 is 14.5 Å². The van der Waals surface area contributed by atoms with E-state index in [1.54, 1.807) is 13.2 Å². The fourth-order valence-corrected chi connectivity index (χ4v) is 2.02. The molecule has 1 aliphatic rings. The molecule has 0 spiro atoms. The third-order valence-electron chi connectivity index (χ3n) is 3.35. The highest BCUT2D eigenvalue weighted by Gasteiger charge is 2.36. The molecule has 1 N–H and O–H groups in total. The van der Waals surface area contributed by atoms with E-state index in [-0.39, 0.29) is 5.91 Å². The first-order valence-corrected chi connectivity index (χ1v) is 6.75. The Morgan fingerprint density at radius 1 is 1.58 bits per heavy atom. The lowest BCUT2D eigenvalue weighted by Gasteiger charge is -2.00. The third-order valence-corrected chi connectivity index (χ3v) is 3.35. The molecule has 0 aromatic carbocycles. The Bertz CT molecular complexity index is 450. The number of amides is 1. The van der Waals surface area contributed by atoms with Crippen LogP contribution in [0, 0.1) is 5.92 Å². The third kappa shape index (κ3) is 4.24. The van der Waals surface area contributed by atoms with Crippen molar-refractivity contribution in [1.82, 2.24) is 5.32 Å². The molecule has 1 aliphatic carbocycles. The van der Waals surface area contributed by atoms with Crippen molar-refractivity contribution in [3.8, 4) is 0 Å². The van der Waals surface area contributed by atoms with Gasteiger partial charge in [-0.2, -0.15) is 0 Å². The fraction of sp³-hybridized carbons (Fsp3) is 0.533. The highest BCUT2D eigenvalue weighted by molar-refractivity contribution is 5.91. The van der Waals surface area contributed by atoms with Crippen LogP contribution in [0.15, 0.2) is 22.6 Å². The van der Waals surface area contributed by atoms with Crippen molar-refractivity contribution in [3.05, 3.63) is 29.7 Å². The van der Waals surface area contributed by atoms with Crippen molar-refractivity contribution in [2.24, 2.45) is 5.92 Å². The van der Waals surface area contributed by atoms with Crippen LogP contribution in [-0.4, -0.2) is 26.2 Å². The number of carbonyl (C=O) groups is 1. The van der Waals surface area contributed by atoms with Gasteiger partial charge in [0.1, 0.15) is 11.5 Å². The summed E-state index contributed by atoms with van der Waals surface area (Å²) in [6.45, 7) is 3.50. The van der Waals surface area contributed by atoms with Crippen LogP contribution in [0.4, 0.5) is 0 Å². The zero-order valence-corrected chi connectivity index (χ0v) is 11.5. The van der Waals surface area contributed by atoms with Gasteiger partial charge in [0.05, 0.1) is 0 Å². The van der Waals surface area contributed by atoms with Crippen LogP contribution < -0.4 is 5.32 Å². The predicted octanol–water partition coefficient (Wildman–Crippen LogP) is 2.57. The van der Waals surface area contributed by atoms with Crippen LogP contribution >= 0.6 is 0 Å². The van der Waals surface area contributed by atoms with Gasteiger partial charge in [0.2, 0.25) is 5.91 Å². The summed E-state index contributed by atoms with van der Waals surface area (Å²) in [4.78, 5) is 11.5. The number of furan rings is 1. The molecule has 4 nitrogen and oxygen atoms in total. The van der Waals surface area contributed by atoms with E-state index >= 15 is 0 Å². The lowest BCUT2D eigenvalue weighted by molar-refractivity contribution is -0.116. The first-order valence-electron chi connectivity index (χ1n) is 6.75. The Morgan fingerprint density at radius 2 is 2.37 bits per heavy atom. The summed E-state index contributed by atoms with van der Waals surface area (Å²) < 4.78 is 10.6. The SMILES string of the molecule is COCCCNC(=O)/C=C/c1ccc(C2CC2C)o1. The largest absolute Gasteiger partial charge is 0.461 e. The van der Waals surface area contributed by atoms with Gasteiger partial charge in [0, 0.05) is 32.3 Å². The molecule has 1 heterocycles. The Morgan fingerprint density at radius 3 is 3.05 bits per heavy atom. The van der Waals surface area contributed by atoms with Gasteiger partial charge in [-0.05, 0) is 37.0 Å². The fourth-order valence-electron chi connectivity index (χ4n) is 2.02. The van der Waals surface area contributed by atoms with Crippen molar-refractivity contribution < 1.29 is 13.9 Å². The summed E-state index contributed by atoms with van der Waals surface area (Å²) in [6, 6.07) is 3.92. The molecule has 0 bridgehead atoms. The molecule has 0 radical (unpaired) electrons. The average molecular weight is 263 g/mol. The Balaban J connectivity index is 1.75. The highest BCUT2D eigenvalue weighted by Crippen LogP contribution is 2.47. The van der Waals surface area contributed by atoms with Gasteiger partial charge in [-0.25, -0.2) is 0 Å². The van der Waals surface area contributed by atoms with E-state index in [0.29, 0.717) is 19.1 Å². The first-order chi connectivity index (χ1) is 9.20. The van der Waals surface area contributed by atoms with Crippen molar-refractivity contribution in [2.75, 3.05) is 20.3 Å². The number of hydrogen-bond acceptors (Lipinski definition) is 3. The molecule has 2 unspecified atom stereocenters. The number of carbonyl (C=O) groups excluding carboxylic acids is 1. The first kappa shape index (κ1) is 13.9. The van der Waals surface area contributed by atoms with E-state index in [4.69, 9.17) is 9.15 Å². The van der Waals surface area contributed by atoms with Gasteiger partial charge >= 0.3 is 0 Å². The molecule has 2 rings (SSSR count). The topological polar surface area (TPSA) is 51.5 Å². The van der Waals surface area contributed by atoms with Crippen LogP contribution in [0.5, 0.6) is 0 Å². The van der Waals surface area contributed by atoms with Gasteiger partial charge in [-0.3, -0.25) is 4.79 Å². The summed E-state index contributed by atoms with van der Waals surface area (Å²) in [6.07, 6.45) is 5.24. The van der Waals surface area contributed by atoms with Gasteiger partial charge in [-0.1, -0.05) is 6.92 Å². The van der Waals surface area contributed by atoms with Crippen LogP contribution in [-0.2, 0) is 9.53 Å². The summed E-state index contributed by atoms with van der Waals surface area (Å²) in [5.74, 6) is 2.97. The molecule has 0 aliphatic heterocycles. The molecular weight excluding hydrogens is 242 g/mol. The monoisotopic (exact) mass is 263 g/mol. The van der Waals surface area contributed by atoms with Crippen molar-refractivity contribution in [1.29, 1.82) is 0 Å². The van der Waals surface area contributed by atoms with Crippen LogP contribution in [0.1, 0.15) is 37.2 Å². The maximum absolute atomic E-state index is 11.5. The molecule has 19 heavy (non-hydrogen) atoms. The van der Waals surface area contributed by atoms with Crippen molar-refractivity contribution in [3.63, 3.8) is 0 Å². The normalized spacial score (nSPS) is 21.8. The van der Waals surface area contributed by atoms with Crippen molar-refractivity contribution >= 4 is 12.0 Å². The smallest absolute Gasteiger partial charge is 0.244 e. The molecule has 1 saturated carbocycles. The molecule has 2 atom stereocenters.